The van der Waals surface area contributed by atoms with Gasteiger partial charge in [-0.3, -0.25) is 14.6 Å². The molecule has 0 saturated carbocycles. The van der Waals surface area contributed by atoms with E-state index in [9.17, 15) is 19.5 Å². The van der Waals surface area contributed by atoms with Crippen molar-refractivity contribution in [1.82, 2.24) is 10.6 Å². The van der Waals surface area contributed by atoms with Gasteiger partial charge in [-0.2, -0.15) is 0 Å². The quantitative estimate of drug-likeness (QED) is 0.741. The lowest BCUT2D eigenvalue weighted by Gasteiger charge is -2.34. The SMILES string of the molecule is C[C@@H]1CS[C@H]([C@@H]2NC(=O)C(c3ccccc3)NC2=O)N=C1C(=O)O. The number of carbonyl (C=O) groups excluding carboxylic acids is 2. The molecule has 2 heterocycles. The lowest BCUT2D eigenvalue weighted by Crippen LogP contribution is -2.61. The van der Waals surface area contributed by atoms with E-state index in [4.69, 9.17) is 0 Å². The van der Waals surface area contributed by atoms with Crippen molar-refractivity contribution in [2.45, 2.75) is 24.4 Å². The Labute approximate surface area is 142 Å². The third kappa shape index (κ3) is 3.14. The molecule has 0 spiro atoms. The number of carboxylic acid groups (broad SMARTS) is 1. The summed E-state index contributed by atoms with van der Waals surface area (Å²) in [4.78, 5) is 40.2. The number of amides is 2. The second-order valence-electron chi connectivity index (χ2n) is 5.78. The third-order valence-corrected chi connectivity index (χ3v) is 5.43. The van der Waals surface area contributed by atoms with Crippen LogP contribution in [0.25, 0.3) is 0 Å². The lowest BCUT2D eigenvalue weighted by molar-refractivity contribution is -0.136. The molecule has 1 fully saturated rings. The van der Waals surface area contributed by atoms with E-state index in [-0.39, 0.29) is 23.4 Å². The number of piperazine rings is 1. The molecule has 4 atom stereocenters. The van der Waals surface area contributed by atoms with Crippen LogP contribution >= 0.6 is 11.8 Å². The van der Waals surface area contributed by atoms with Crippen molar-refractivity contribution in [3.8, 4) is 0 Å². The van der Waals surface area contributed by atoms with Gasteiger partial charge in [0.25, 0.3) is 0 Å². The maximum atomic E-state index is 12.4. The number of nitrogens with zero attached hydrogens (tertiary/aromatic N) is 1. The largest absolute Gasteiger partial charge is 0.477 e. The molecule has 3 N–H and O–H groups in total. The van der Waals surface area contributed by atoms with Gasteiger partial charge in [0, 0.05) is 11.7 Å². The minimum atomic E-state index is -1.09. The highest BCUT2D eigenvalue weighted by molar-refractivity contribution is 8.00. The van der Waals surface area contributed by atoms with Crippen LogP contribution in [0.2, 0.25) is 0 Å². The van der Waals surface area contributed by atoms with Crippen LogP contribution in [0.5, 0.6) is 0 Å². The van der Waals surface area contributed by atoms with Gasteiger partial charge in [0.2, 0.25) is 11.8 Å². The summed E-state index contributed by atoms with van der Waals surface area (Å²) in [6.07, 6.45) is 0. The summed E-state index contributed by atoms with van der Waals surface area (Å²) >= 11 is 1.38. The lowest BCUT2D eigenvalue weighted by atomic mass is 10.0. The van der Waals surface area contributed by atoms with Crippen LogP contribution < -0.4 is 10.6 Å². The fourth-order valence-electron chi connectivity index (χ4n) is 2.74. The summed E-state index contributed by atoms with van der Waals surface area (Å²) in [6.45, 7) is 1.78. The summed E-state index contributed by atoms with van der Waals surface area (Å²) < 4.78 is 0. The maximum absolute atomic E-state index is 12.4. The second kappa shape index (κ2) is 6.64. The smallest absolute Gasteiger partial charge is 0.350 e. The van der Waals surface area contributed by atoms with Crippen molar-refractivity contribution in [3.63, 3.8) is 0 Å². The van der Waals surface area contributed by atoms with E-state index in [0.29, 0.717) is 11.3 Å². The normalized spacial score (nSPS) is 30.1. The first-order chi connectivity index (χ1) is 11.5. The zero-order valence-electron chi connectivity index (χ0n) is 12.9. The topological polar surface area (TPSA) is 108 Å². The van der Waals surface area contributed by atoms with Crippen molar-refractivity contribution in [2.75, 3.05) is 5.75 Å². The Balaban J connectivity index is 1.79. The van der Waals surface area contributed by atoms with Crippen molar-refractivity contribution in [3.05, 3.63) is 35.9 Å². The molecule has 2 amide bonds. The van der Waals surface area contributed by atoms with Gasteiger partial charge in [0.05, 0.1) is 0 Å². The first-order valence-corrected chi connectivity index (χ1v) is 8.60. The molecule has 8 heteroatoms. The molecule has 3 rings (SSSR count). The summed E-state index contributed by atoms with van der Waals surface area (Å²) in [6, 6.07) is 7.34. The van der Waals surface area contributed by atoms with Crippen LogP contribution in [-0.4, -0.2) is 45.8 Å². The minimum absolute atomic E-state index is 0.0472. The number of hydrogen-bond acceptors (Lipinski definition) is 5. The molecule has 0 aromatic heterocycles. The van der Waals surface area contributed by atoms with Gasteiger partial charge in [0.15, 0.2) is 0 Å². The van der Waals surface area contributed by atoms with E-state index in [1.54, 1.807) is 31.2 Å². The zero-order valence-corrected chi connectivity index (χ0v) is 13.7. The molecule has 0 radical (unpaired) electrons. The molecule has 126 valence electrons. The van der Waals surface area contributed by atoms with Gasteiger partial charge in [-0.25, -0.2) is 4.79 Å². The molecule has 7 nitrogen and oxygen atoms in total. The average Bonchev–Trinajstić information content (AvgIpc) is 2.57. The highest BCUT2D eigenvalue weighted by Crippen LogP contribution is 2.28. The Kier molecular flexibility index (Phi) is 4.57. The molecule has 2 aliphatic rings. The van der Waals surface area contributed by atoms with Gasteiger partial charge in [0.1, 0.15) is 23.2 Å². The summed E-state index contributed by atoms with van der Waals surface area (Å²) in [5.74, 6) is -1.42. The molecule has 24 heavy (non-hydrogen) atoms. The van der Waals surface area contributed by atoms with Crippen LogP contribution in [0, 0.1) is 5.92 Å². The fourth-order valence-corrected chi connectivity index (χ4v) is 3.96. The number of aliphatic imine (C=N–C) groups is 1. The van der Waals surface area contributed by atoms with Crippen LogP contribution in [0.15, 0.2) is 35.3 Å². The molecular formula is C16H17N3O4S. The molecule has 1 saturated heterocycles. The van der Waals surface area contributed by atoms with Gasteiger partial charge in [-0.1, -0.05) is 37.3 Å². The Morgan fingerprint density at radius 3 is 2.58 bits per heavy atom. The number of aliphatic carboxylic acids is 1. The number of benzene rings is 1. The van der Waals surface area contributed by atoms with Crippen molar-refractivity contribution in [1.29, 1.82) is 0 Å². The molecule has 1 aromatic carbocycles. The fraction of sp³-hybridized carbons (Fsp3) is 0.375. The molecule has 0 bridgehead atoms. The highest BCUT2D eigenvalue weighted by Gasteiger charge is 2.41. The van der Waals surface area contributed by atoms with Crippen LogP contribution in [0.3, 0.4) is 0 Å². The predicted molar refractivity (Wildman–Crippen MR) is 89.7 cm³/mol. The number of thioether (sulfide) groups is 1. The summed E-state index contributed by atoms with van der Waals surface area (Å²) in [5.41, 5.74) is 0.743. The van der Waals surface area contributed by atoms with E-state index >= 15 is 0 Å². The van der Waals surface area contributed by atoms with E-state index in [1.165, 1.54) is 11.8 Å². The Morgan fingerprint density at radius 2 is 1.92 bits per heavy atom. The van der Waals surface area contributed by atoms with Crippen molar-refractivity contribution < 1.29 is 19.5 Å². The van der Waals surface area contributed by atoms with Crippen LogP contribution in [0.1, 0.15) is 18.5 Å². The number of carbonyl (C=O) groups is 3. The number of nitrogens with one attached hydrogen (secondary N) is 2. The molecule has 1 unspecified atom stereocenters. The first kappa shape index (κ1) is 16.5. The van der Waals surface area contributed by atoms with Gasteiger partial charge in [-0.15, -0.1) is 11.8 Å². The highest BCUT2D eigenvalue weighted by atomic mass is 32.2. The van der Waals surface area contributed by atoms with Crippen molar-refractivity contribution >= 4 is 35.3 Å². The number of rotatable bonds is 3. The second-order valence-corrected chi connectivity index (χ2v) is 6.93. The van der Waals surface area contributed by atoms with Gasteiger partial charge < -0.3 is 15.7 Å². The Hall–Kier alpha value is -2.35. The van der Waals surface area contributed by atoms with E-state index in [0.717, 1.165) is 0 Å². The van der Waals surface area contributed by atoms with Gasteiger partial charge >= 0.3 is 5.97 Å². The standard InChI is InChI=1S/C16H17N3O4S/c1-8-7-24-15(19-10(8)16(22)23)12-14(21)17-11(13(20)18-12)9-5-3-2-4-6-9/h2-6,8,11-12,15H,7H2,1H3,(H,17,21)(H,18,20)(H,22,23)/t8-,11?,12-,15-/m1/s1. The zero-order chi connectivity index (χ0) is 17.3. The Bertz CT molecular complexity index is 707. The number of hydrogen-bond donors (Lipinski definition) is 3. The maximum Gasteiger partial charge on any atom is 0.350 e. The van der Waals surface area contributed by atoms with Crippen molar-refractivity contribution in [2.24, 2.45) is 10.9 Å². The Morgan fingerprint density at radius 1 is 1.21 bits per heavy atom. The third-order valence-electron chi connectivity index (χ3n) is 4.02. The van der Waals surface area contributed by atoms with Gasteiger partial charge in [-0.05, 0) is 5.56 Å². The van der Waals surface area contributed by atoms with E-state index in [1.807, 2.05) is 6.07 Å². The summed E-state index contributed by atoms with van der Waals surface area (Å²) in [5, 5.41) is 14.0. The molecular weight excluding hydrogens is 330 g/mol. The summed E-state index contributed by atoms with van der Waals surface area (Å²) in [7, 11) is 0. The molecule has 2 aliphatic heterocycles. The minimum Gasteiger partial charge on any atom is -0.477 e. The molecule has 1 aromatic rings. The average molecular weight is 347 g/mol. The van der Waals surface area contributed by atoms with Crippen LogP contribution in [-0.2, 0) is 14.4 Å². The molecule has 0 aliphatic carbocycles. The number of carboxylic acids is 1. The van der Waals surface area contributed by atoms with E-state index < -0.39 is 23.4 Å². The monoisotopic (exact) mass is 347 g/mol. The first-order valence-electron chi connectivity index (χ1n) is 7.55. The van der Waals surface area contributed by atoms with E-state index in [2.05, 4.69) is 15.6 Å². The van der Waals surface area contributed by atoms with Crippen LogP contribution in [0.4, 0.5) is 0 Å². The predicted octanol–water partition coefficient (Wildman–Crippen LogP) is 0.577.